The second-order valence-electron chi connectivity index (χ2n) is 6.22. The number of amides is 1. The molecule has 2 atom stereocenters. The van der Waals surface area contributed by atoms with E-state index in [-0.39, 0.29) is 38.1 Å². The van der Waals surface area contributed by atoms with E-state index in [1.54, 1.807) is 6.08 Å². The quantitative estimate of drug-likeness (QED) is 0.347. The highest BCUT2D eigenvalue weighted by atomic mass is 35.5. The van der Waals surface area contributed by atoms with Crippen molar-refractivity contribution in [3.05, 3.63) is 48.6 Å². The third-order valence-electron chi connectivity index (χ3n) is 3.41. The number of esters is 1. The van der Waals surface area contributed by atoms with Crippen molar-refractivity contribution in [3.63, 3.8) is 0 Å². The Bertz CT molecular complexity index is 552. The van der Waals surface area contributed by atoms with Crippen LogP contribution in [0.4, 0.5) is 0 Å². The smallest absolute Gasteiger partial charge is 0.331 e. The molecule has 0 aliphatic rings. The fourth-order valence-corrected chi connectivity index (χ4v) is 2.16. The van der Waals surface area contributed by atoms with Gasteiger partial charge in [0.25, 0.3) is 0 Å². The normalized spacial score (nSPS) is 12.6. The van der Waals surface area contributed by atoms with Crippen LogP contribution in [0.5, 0.6) is 0 Å². The molecule has 0 aliphatic carbocycles. The molecule has 3 N–H and O–H groups in total. The number of carbonyl (C=O) groups excluding carboxylic acids is 2. The summed E-state index contributed by atoms with van der Waals surface area (Å²) in [4.78, 5) is 24.5. The molecule has 0 saturated carbocycles. The fraction of sp³-hybridized carbons (Fsp3) is 0.474. The molecule has 0 radical (unpaired) electrons. The van der Waals surface area contributed by atoms with Gasteiger partial charge in [0.15, 0.2) is 6.04 Å². The minimum absolute atomic E-state index is 0. The summed E-state index contributed by atoms with van der Waals surface area (Å²) in [6.07, 6.45) is 2.10. The highest BCUT2D eigenvalue weighted by molar-refractivity contribution is 5.87. The molecule has 0 spiro atoms. The number of nitrogens with one attached hydrogen (secondary N) is 1. The van der Waals surface area contributed by atoms with Crippen LogP contribution < -0.4 is 11.1 Å². The molecule has 0 unspecified atom stereocenters. The standard InChI is InChI=1S/C19H28N2O4.ClH/c1-4-10-24-13-17(21-18(22)16(20)11-14(2)3)19(23)25-12-15-8-6-5-7-9-15;/h4-9,14,16-17H,1,10-13,20H2,2-3H3,(H,21,22);1H/t16-,17-;/m0./s1. The van der Waals surface area contributed by atoms with E-state index in [9.17, 15) is 9.59 Å². The van der Waals surface area contributed by atoms with Crippen LogP contribution in [0.1, 0.15) is 25.8 Å². The molecule has 0 heterocycles. The Morgan fingerprint density at radius 1 is 1.27 bits per heavy atom. The van der Waals surface area contributed by atoms with Gasteiger partial charge in [-0.25, -0.2) is 4.79 Å². The van der Waals surface area contributed by atoms with Gasteiger partial charge in [-0.1, -0.05) is 50.3 Å². The minimum Gasteiger partial charge on any atom is -0.459 e. The van der Waals surface area contributed by atoms with Gasteiger partial charge in [-0.3, -0.25) is 4.79 Å². The number of hydrogen-bond acceptors (Lipinski definition) is 5. The van der Waals surface area contributed by atoms with Crippen molar-refractivity contribution in [2.45, 2.75) is 39.0 Å². The van der Waals surface area contributed by atoms with E-state index in [0.29, 0.717) is 6.42 Å². The van der Waals surface area contributed by atoms with Gasteiger partial charge in [-0.15, -0.1) is 19.0 Å². The van der Waals surface area contributed by atoms with Gasteiger partial charge in [0.05, 0.1) is 19.3 Å². The lowest BCUT2D eigenvalue weighted by molar-refractivity contribution is -0.151. The monoisotopic (exact) mass is 384 g/mol. The molecule has 7 heteroatoms. The molecule has 6 nitrogen and oxygen atoms in total. The maximum Gasteiger partial charge on any atom is 0.331 e. The van der Waals surface area contributed by atoms with Crippen molar-refractivity contribution < 1.29 is 19.1 Å². The summed E-state index contributed by atoms with van der Waals surface area (Å²) in [6, 6.07) is 7.73. The molecule has 26 heavy (non-hydrogen) atoms. The number of hydrogen-bond donors (Lipinski definition) is 2. The van der Waals surface area contributed by atoms with Gasteiger partial charge in [-0.05, 0) is 17.9 Å². The molecular weight excluding hydrogens is 356 g/mol. The first kappa shape index (κ1) is 24.1. The molecule has 146 valence electrons. The largest absolute Gasteiger partial charge is 0.459 e. The summed E-state index contributed by atoms with van der Waals surface area (Å²) < 4.78 is 10.6. The Kier molecular flexibility index (Phi) is 12.4. The van der Waals surface area contributed by atoms with Crippen LogP contribution in [-0.4, -0.2) is 37.2 Å². The Balaban J connectivity index is 0.00000625. The van der Waals surface area contributed by atoms with Gasteiger partial charge in [0, 0.05) is 0 Å². The summed E-state index contributed by atoms with van der Waals surface area (Å²) in [7, 11) is 0. The van der Waals surface area contributed by atoms with Crippen LogP contribution in [0.15, 0.2) is 43.0 Å². The first-order chi connectivity index (χ1) is 11.9. The zero-order chi connectivity index (χ0) is 18.7. The Hall–Kier alpha value is -1.89. The Morgan fingerprint density at radius 3 is 2.50 bits per heavy atom. The maximum atomic E-state index is 12.3. The van der Waals surface area contributed by atoms with Gasteiger partial charge in [0.1, 0.15) is 6.61 Å². The molecule has 1 amide bonds. The number of rotatable bonds is 11. The average Bonchev–Trinajstić information content (AvgIpc) is 2.59. The van der Waals surface area contributed by atoms with Crippen LogP contribution in [0.3, 0.4) is 0 Å². The minimum atomic E-state index is -0.908. The third-order valence-corrected chi connectivity index (χ3v) is 3.41. The predicted molar refractivity (Wildman–Crippen MR) is 104 cm³/mol. The summed E-state index contributed by atoms with van der Waals surface area (Å²) >= 11 is 0. The molecule has 1 rings (SSSR count). The molecule has 0 aromatic heterocycles. The lowest BCUT2D eigenvalue weighted by atomic mass is 10.0. The Morgan fingerprint density at radius 2 is 1.92 bits per heavy atom. The first-order valence-corrected chi connectivity index (χ1v) is 8.39. The maximum absolute atomic E-state index is 12.3. The molecule has 1 aromatic rings. The highest BCUT2D eigenvalue weighted by Gasteiger charge is 2.25. The van der Waals surface area contributed by atoms with Crippen LogP contribution in [-0.2, 0) is 25.7 Å². The van der Waals surface area contributed by atoms with E-state index in [4.69, 9.17) is 15.2 Å². The van der Waals surface area contributed by atoms with Crippen LogP contribution in [0.25, 0.3) is 0 Å². The average molecular weight is 385 g/mol. The van der Waals surface area contributed by atoms with Crippen molar-refractivity contribution >= 4 is 24.3 Å². The molecule has 0 saturated heterocycles. The van der Waals surface area contributed by atoms with Crippen molar-refractivity contribution in [1.29, 1.82) is 0 Å². The lowest BCUT2D eigenvalue weighted by Gasteiger charge is -2.20. The topological polar surface area (TPSA) is 90.6 Å². The van der Waals surface area contributed by atoms with E-state index in [1.807, 2.05) is 44.2 Å². The molecule has 1 aromatic carbocycles. The lowest BCUT2D eigenvalue weighted by Crippen LogP contribution is -2.51. The second kappa shape index (κ2) is 13.3. The number of carbonyl (C=O) groups is 2. The van der Waals surface area contributed by atoms with E-state index in [0.717, 1.165) is 5.56 Å². The van der Waals surface area contributed by atoms with Crippen LogP contribution in [0, 0.1) is 5.92 Å². The van der Waals surface area contributed by atoms with Crippen molar-refractivity contribution in [3.8, 4) is 0 Å². The van der Waals surface area contributed by atoms with E-state index >= 15 is 0 Å². The van der Waals surface area contributed by atoms with Gasteiger partial charge in [-0.2, -0.15) is 0 Å². The molecule has 0 bridgehead atoms. The SMILES string of the molecule is C=CCOC[C@H](NC(=O)[C@@H](N)CC(C)C)C(=O)OCc1ccccc1.Cl. The van der Waals surface area contributed by atoms with Crippen LogP contribution >= 0.6 is 12.4 Å². The number of halogens is 1. The van der Waals surface area contributed by atoms with E-state index in [1.165, 1.54) is 0 Å². The van der Waals surface area contributed by atoms with Gasteiger partial charge >= 0.3 is 5.97 Å². The van der Waals surface area contributed by atoms with Crippen molar-refractivity contribution in [1.82, 2.24) is 5.32 Å². The third kappa shape index (κ3) is 9.56. The summed E-state index contributed by atoms with van der Waals surface area (Å²) in [5.41, 5.74) is 6.73. The van der Waals surface area contributed by atoms with Gasteiger partial charge < -0.3 is 20.5 Å². The number of ether oxygens (including phenoxy) is 2. The second-order valence-corrected chi connectivity index (χ2v) is 6.22. The molecular formula is C19H29ClN2O4. The first-order valence-electron chi connectivity index (χ1n) is 8.39. The zero-order valence-corrected chi connectivity index (χ0v) is 16.2. The zero-order valence-electron chi connectivity index (χ0n) is 15.4. The predicted octanol–water partition coefficient (Wildman–Crippen LogP) is 2.21. The van der Waals surface area contributed by atoms with Crippen molar-refractivity contribution in [2.75, 3.05) is 13.2 Å². The van der Waals surface area contributed by atoms with Gasteiger partial charge in [0.2, 0.25) is 5.91 Å². The highest BCUT2D eigenvalue weighted by Crippen LogP contribution is 2.05. The van der Waals surface area contributed by atoms with Crippen LogP contribution in [0.2, 0.25) is 0 Å². The molecule has 0 fully saturated rings. The summed E-state index contributed by atoms with van der Waals surface area (Å²) in [5.74, 6) is -0.670. The number of nitrogens with two attached hydrogens (primary N) is 1. The summed E-state index contributed by atoms with van der Waals surface area (Å²) in [5, 5.41) is 2.62. The van der Waals surface area contributed by atoms with E-state index < -0.39 is 24.0 Å². The Labute approximate surface area is 161 Å². The van der Waals surface area contributed by atoms with Crippen molar-refractivity contribution in [2.24, 2.45) is 11.7 Å². The summed E-state index contributed by atoms with van der Waals surface area (Å²) in [6.45, 7) is 7.91. The van der Waals surface area contributed by atoms with E-state index in [2.05, 4.69) is 11.9 Å². The number of benzene rings is 1. The fourth-order valence-electron chi connectivity index (χ4n) is 2.16. The molecule has 0 aliphatic heterocycles.